The lowest BCUT2D eigenvalue weighted by molar-refractivity contribution is -0.0978. The summed E-state index contributed by atoms with van der Waals surface area (Å²) < 4.78 is 16.6. The molecule has 0 spiro atoms. The van der Waals surface area contributed by atoms with Crippen LogP contribution in [0.15, 0.2) is 10.6 Å². The van der Waals surface area contributed by atoms with E-state index >= 15 is 0 Å². The predicted octanol–water partition coefficient (Wildman–Crippen LogP) is 1.94. The van der Waals surface area contributed by atoms with E-state index in [1.807, 2.05) is 0 Å². The van der Waals surface area contributed by atoms with Crippen LogP contribution in [-0.4, -0.2) is 37.9 Å². The van der Waals surface area contributed by atoms with Gasteiger partial charge in [0.15, 0.2) is 11.7 Å². The number of ether oxygens (including phenoxy) is 2. The van der Waals surface area contributed by atoms with E-state index in [4.69, 9.17) is 13.9 Å². The molecule has 0 aliphatic carbocycles. The van der Waals surface area contributed by atoms with E-state index in [9.17, 15) is 0 Å². The third kappa shape index (κ3) is 4.93. The molecule has 1 N–H and O–H groups in total. The van der Waals surface area contributed by atoms with Gasteiger partial charge in [0.1, 0.15) is 6.10 Å². The molecular weight excluding hydrogens is 244 g/mol. The number of aromatic nitrogens is 1. The van der Waals surface area contributed by atoms with Gasteiger partial charge in [0, 0.05) is 6.42 Å². The summed E-state index contributed by atoms with van der Waals surface area (Å²) in [5.74, 6) is 2.26. The third-order valence-electron chi connectivity index (χ3n) is 3.00. The molecule has 19 heavy (non-hydrogen) atoms. The van der Waals surface area contributed by atoms with Crippen LogP contribution in [0.4, 0.5) is 0 Å². The first kappa shape index (κ1) is 14.5. The Labute approximate surface area is 114 Å². The molecule has 0 amide bonds. The smallest absolute Gasteiger partial charge is 0.194 e. The van der Waals surface area contributed by atoms with Crippen LogP contribution in [0.25, 0.3) is 0 Å². The molecule has 1 atom stereocenters. The van der Waals surface area contributed by atoms with Crippen molar-refractivity contribution in [2.24, 2.45) is 5.92 Å². The van der Waals surface area contributed by atoms with Gasteiger partial charge in [-0.05, 0) is 25.4 Å². The first-order valence-corrected chi connectivity index (χ1v) is 7.10. The highest BCUT2D eigenvalue weighted by molar-refractivity contribution is 4.99. The maximum atomic E-state index is 5.71. The van der Waals surface area contributed by atoms with Gasteiger partial charge in [-0.15, -0.1) is 0 Å². The summed E-state index contributed by atoms with van der Waals surface area (Å²) in [4.78, 5) is 4.29. The Balaban J connectivity index is 1.68. The van der Waals surface area contributed by atoms with Gasteiger partial charge < -0.3 is 19.2 Å². The number of oxazole rings is 1. The van der Waals surface area contributed by atoms with Gasteiger partial charge in [-0.1, -0.05) is 13.8 Å². The fraction of sp³-hybridized carbons (Fsp3) is 0.786. The molecule has 5 nitrogen and oxygen atoms in total. The molecule has 5 heteroatoms. The van der Waals surface area contributed by atoms with Crippen molar-refractivity contribution in [3.05, 3.63) is 17.8 Å². The molecule has 108 valence electrons. The molecule has 2 heterocycles. The highest BCUT2D eigenvalue weighted by Gasteiger charge is 2.20. The zero-order valence-electron chi connectivity index (χ0n) is 11.9. The molecule has 1 saturated heterocycles. The maximum absolute atomic E-state index is 5.71. The number of hydrogen-bond acceptors (Lipinski definition) is 5. The van der Waals surface area contributed by atoms with Crippen LogP contribution in [-0.2, 0) is 15.9 Å². The molecule has 1 unspecified atom stereocenters. The molecule has 1 fully saturated rings. The summed E-state index contributed by atoms with van der Waals surface area (Å²) in [6, 6.07) is 0. The van der Waals surface area contributed by atoms with Crippen molar-refractivity contribution >= 4 is 0 Å². The number of nitrogens with one attached hydrogen (secondary N) is 1. The van der Waals surface area contributed by atoms with Crippen LogP contribution >= 0.6 is 0 Å². The van der Waals surface area contributed by atoms with Crippen molar-refractivity contribution < 1.29 is 13.9 Å². The van der Waals surface area contributed by atoms with Crippen molar-refractivity contribution in [2.75, 3.05) is 32.9 Å². The van der Waals surface area contributed by atoms with Crippen molar-refractivity contribution in [1.29, 1.82) is 0 Å². The Kier molecular flexibility index (Phi) is 5.82. The molecule has 0 radical (unpaired) electrons. The van der Waals surface area contributed by atoms with E-state index in [-0.39, 0.29) is 6.10 Å². The third-order valence-corrected chi connectivity index (χ3v) is 3.00. The highest BCUT2D eigenvalue weighted by atomic mass is 16.6. The zero-order valence-corrected chi connectivity index (χ0v) is 11.9. The number of rotatable bonds is 7. The lowest BCUT2D eigenvalue weighted by Gasteiger charge is -2.20. The van der Waals surface area contributed by atoms with Gasteiger partial charge in [-0.3, -0.25) is 0 Å². The molecule has 1 aliphatic heterocycles. The van der Waals surface area contributed by atoms with Crippen LogP contribution in [0, 0.1) is 5.92 Å². The monoisotopic (exact) mass is 268 g/mol. The summed E-state index contributed by atoms with van der Waals surface area (Å²) in [6.07, 6.45) is 3.57. The first-order chi connectivity index (χ1) is 9.25. The fourth-order valence-corrected chi connectivity index (χ4v) is 2.00. The van der Waals surface area contributed by atoms with Gasteiger partial charge in [0.2, 0.25) is 0 Å². The Morgan fingerprint density at radius 3 is 3.05 bits per heavy atom. The van der Waals surface area contributed by atoms with Gasteiger partial charge >= 0.3 is 0 Å². The Hall–Kier alpha value is -0.910. The van der Waals surface area contributed by atoms with Crippen molar-refractivity contribution in [1.82, 2.24) is 10.3 Å². The van der Waals surface area contributed by atoms with Gasteiger partial charge in [0.25, 0.3) is 0 Å². The minimum atomic E-state index is -0.0888. The SMILES string of the molecule is CC(C)CNCCCc1ncc(C2COCCO2)o1. The van der Waals surface area contributed by atoms with Gasteiger partial charge in [-0.25, -0.2) is 4.98 Å². The average molecular weight is 268 g/mol. The second-order valence-corrected chi connectivity index (χ2v) is 5.29. The second-order valence-electron chi connectivity index (χ2n) is 5.29. The standard InChI is InChI=1S/C14H24N2O3/c1-11(2)8-15-5-3-4-14-16-9-12(19-14)13-10-17-6-7-18-13/h9,11,13,15H,3-8,10H2,1-2H3. The van der Waals surface area contributed by atoms with Gasteiger partial charge in [-0.2, -0.15) is 0 Å². The number of aryl methyl sites for hydroxylation is 1. The van der Waals surface area contributed by atoms with E-state index in [2.05, 4.69) is 24.1 Å². The lowest BCUT2D eigenvalue weighted by atomic mass is 10.2. The van der Waals surface area contributed by atoms with Crippen molar-refractivity contribution in [2.45, 2.75) is 32.8 Å². The Morgan fingerprint density at radius 1 is 1.42 bits per heavy atom. The van der Waals surface area contributed by atoms with Crippen LogP contribution in [0.2, 0.25) is 0 Å². The quantitative estimate of drug-likeness (QED) is 0.766. The van der Waals surface area contributed by atoms with Crippen LogP contribution in [0.3, 0.4) is 0 Å². The van der Waals surface area contributed by atoms with E-state index < -0.39 is 0 Å². The minimum Gasteiger partial charge on any atom is -0.443 e. The summed E-state index contributed by atoms with van der Waals surface area (Å²) in [5, 5.41) is 3.41. The largest absolute Gasteiger partial charge is 0.443 e. The molecule has 1 aromatic rings. The summed E-state index contributed by atoms with van der Waals surface area (Å²) >= 11 is 0. The van der Waals surface area contributed by atoms with Crippen molar-refractivity contribution in [3.63, 3.8) is 0 Å². The number of hydrogen-bond donors (Lipinski definition) is 1. The summed E-state index contributed by atoms with van der Waals surface area (Å²) in [7, 11) is 0. The normalized spacial score (nSPS) is 20.1. The van der Waals surface area contributed by atoms with E-state index in [1.165, 1.54) is 0 Å². The van der Waals surface area contributed by atoms with E-state index in [1.54, 1.807) is 6.20 Å². The molecule has 1 aromatic heterocycles. The van der Waals surface area contributed by atoms with Crippen molar-refractivity contribution in [3.8, 4) is 0 Å². The average Bonchev–Trinajstić information content (AvgIpc) is 2.88. The molecule has 0 aromatic carbocycles. The topological polar surface area (TPSA) is 56.5 Å². The summed E-state index contributed by atoms with van der Waals surface area (Å²) in [5.41, 5.74) is 0. The lowest BCUT2D eigenvalue weighted by Crippen LogP contribution is -2.21. The summed E-state index contributed by atoms with van der Waals surface area (Å²) in [6.45, 7) is 8.33. The molecule has 0 saturated carbocycles. The molecule has 1 aliphatic rings. The Bertz CT molecular complexity index is 359. The molecule has 2 rings (SSSR count). The zero-order chi connectivity index (χ0) is 13.5. The minimum absolute atomic E-state index is 0.0888. The second kappa shape index (κ2) is 7.62. The molecular formula is C14H24N2O3. The highest BCUT2D eigenvalue weighted by Crippen LogP contribution is 2.21. The van der Waals surface area contributed by atoms with Crippen LogP contribution < -0.4 is 5.32 Å². The van der Waals surface area contributed by atoms with E-state index in [0.29, 0.717) is 25.7 Å². The van der Waals surface area contributed by atoms with Crippen LogP contribution in [0.5, 0.6) is 0 Å². The maximum Gasteiger partial charge on any atom is 0.194 e. The molecule has 0 bridgehead atoms. The number of nitrogens with zero attached hydrogens (tertiary/aromatic N) is 1. The van der Waals surface area contributed by atoms with Crippen LogP contribution in [0.1, 0.15) is 38.0 Å². The fourth-order valence-electron chi connectivity index (χ4n) is 2.00. The Morgan fingerprint density at radius 2 is 2.32 bits per heavy atom. The van der Waals surface area contributed by atoms with E-state index in [0.717, 1.165) is 37.6 Å². The first-order valence-electron chi connectivity index (χ1n) is 7.10. The van der Waals surface area contributed by atoms with Gasteiger partial charge in [0.05, 0.1) is 26.0 Å². The predicted molar refractivity (Wildman–Crippen MR) is 72.0 cm³/mol.